The quantitative estimate of drug-likeness (QED) is 0.673. The van der Waals surface area contributed by atoms with Crippen LogP contribution in [0.2, 0.25) is 0 Å². The Hall–Kier alpha value is -2.55. The zero-order chi connectivity index (χ0) is 13.9. The van der Waals surface area contributed by atoms with Gasteiger partial charge in [0.2, 0.25) is 5.78 Å². The van der Waals surface area contributed by atoms with E-state index >= 15 is 0 Å². The highest BCUT2D eigenvalue weighted by molar-refractivity contribution is 5.98. The van der Waals surface area contributed by atoms with E-state index in [9.17, 15) is 4.79 Å². The van der Waals surface area contributed by atoms with Gasteiger partial charge in [-0.2, -0.15) is 0 Å². The summed E-state index contributed by atoms with van der Waals surface area (Å²) in [6, 6.07) is 15.2. The Morgan fingerprint density at radius 2 is 2.05 bits per heavy atom. The van der Waals surface area contributed by atoms with Gasteiger partial charge in [-0.15, -0.1) is 0 Å². The zero-order valence-electron chi connectivity index (χ0n) is 11.1. The molecule has 0 saturated heterocycles. The molecule has 3 aromatic rings. The fourth-order valence-electron chi connectivity index (χ4n) is 2.29. The molecule has 0 atom stereocenters. The van der Waals surface area contributed by atoms with Crippen LogP contribution in [0, 0.1) is 0 Å². The third-order valence-electron chi connectivity index (χ3n) is 3.33. The molecule has 0 unspecified atom stereocenters. The molecule has 20 heavy (non-hydrogen) atoms. The first-order valence-corrected chi connectivity index (χ1v) is 6.40. The molecule has 1 aromatic heterocycles. The summed E-state index contributed by atoms with van der Waals surface area (Å²) in [6.07, 6.45) is 1.83. The first kappa shape index (κ1) is 12.5. The monoisotopic (exact) mass is 266 g/mol. The minimum absolute atomic E-state index is 0.0229. The molecule has 3 heteroatoms. The van der Waals surface area contributed by atoms with Gasteiger partial charge in [0.05, 0.1) is 13.4 Å². The molecule has 0 aliphatic carbocycles. The highest BCUT2D eigenvalue weighted by Gasteiger charge is 2.12. The fourth-order valence-corrected chi connectivity index (χ4v) is 2.29. The van der Waals surface area contributed by atoms with Crippen LogP contribution in [0.1, 0.15) is 16.1 Å². The first-order valence-electron chi connectivity index (χ1n) is 6.40. The number of carbonyl (C=O) groups is 1. The molecule has 0 saturated carbocycles. The van der Waals surface area contributed by atoms with Crippen molar-refractivity contribution < 1.29 is 13.9 Å². The van der Waals surface area contributed by atoms with Crippen LogP contribution in [-0.4, -0.2) is 12.9 Å². The molecule has 0 spiro atoms. The standard InChI is InChI=1S/C17H14O3/c1-19-14-8-7-12-4-2-5-13(15(12)11-14)10-16(18)17-6-3-9-20-17/h2-9,11H,10H2,1H3. The van der Waals surface area contributed by atoms with Crippen molar-refractivity contribution >= 4 is 16.6 Å². The highest BCUT2D eigenvalue weighted by Crippen LogP contribution is 2.25. The number of hydrogen-bond donors (Lipinski definition) is 0. The largest absolute Gasteiger partial charge is 0.497 e. The summed E-state index contributed by atoms with van der Waals surface area (Å²) in [5.74, 6) is 1.16. The van der Waals surface area contributed by atoms with E-state index < -0.39 is 0 Å². The van der Waals surface area contributed by atoms with Gasteiger partial charge in [-0.25, -0.2) is 0 Å². The van der Waals surface area contributed by atoms with E-state index in [1.54, 1.807) is 19.2 Å². The maximum Gasteiger partial charge on any atom is 0.202 e. The average molecular weight is 266 g/mol. The van der Waals surface area contributed by atoms with Crippen LogP contribution in [0.3, 0.4) is 0 Å². The molecule has 2 aromatic carbocycles. The molecule has 1 heterocycles. The minimum atomic E-state index is -0.0229. The van der Waals surface area contributed by atoms with Crippen molar-refractivity contribution in [2.45, 2.75) is 6.42 Å². The molecule has 100 valence electrons. The predicted octanol–water partition coefficient (Wildman–Crippen LogP) is 3.87. The zero-order valence-corrected chi connectivity index (χ0v) is 11.1. The summed E-state index contributed by atoms with van der Waals surface area (Å²) in [5, 5.41) is 2.13. The second kappa shape index (κ2) is 5.21. The Balaban J connectivity index is 2.00. The second-order valence-corrected chi connectivity index (χ2v) is 4.58. The molecule has 0 aliphatic heterocycles. The molecule has 3 nitrogen and oxygen atoms in total. The van der Waals surface area contributed by atoms with Crippen molar-refractivity contribution in [3.63, 3.8) is 0 Å². The predicted molar refractivity (Wildman–Crippen MR) is 77.2 cm³/mol. The van der Waals surface area contributed by atoms with Crippen molar-refractivity contribution in [1.29, 1.82) is 0 Å². The minimum Gasteiger partial charge on any atom is -0.497 e. The number of fused-ring (bicyclic) bond motifs is 1. The van der Waals surface area contributed by atoms with Gasteiger partial charge in [0, 0.05) is 6.42 Å². The molecule has 0 fully saturated rings. The second-order valence-electron chi connectivity index (χ2n) is 4.58. The Bertz CT molecular complexity index is 742. The van der Waals surface area contributed by atoms with Crippen LogP contribution in [-0.2, 0) is 6.42 Å². The van der Waals surface area contributed by atoms with Crippen molar-refractivity contribution in [2.75, 3.05) is 7.11 Å². The van der Waals surface area contributed by atoms with Gasteiger partial charge in [0.1, 0.15) is 5.75 Å². The van der Waals surface area contributed by atoms with E-state index in [1.165, 1.54) is 6.26 Å². The van der Waals surface area contributed by atoms with E-state index in [-0.39, 0.29) is 5.78 Å². The van der Waals surface area contributed by atoms with Gasteiger partial charge in [-0.05, 0) is 40.6 Å². The third kappa shape index (κ3) is 2.30. The van der Waals surface area contributed by atoms with Crippen LogP contribution in [0.25, 0.3) is 10.8 Å². The number of hydrogen-bond acceptors (Lipinski definition) is 3. The fraction of sp³-hybridized carbons (Fsp3) is 0.118. The smallest absolute Gasteiger partial charge is 0.202 e. The van der Waals surface area contributed by atoms with E-state index in [0.29, 0.717) is 12.2 Å². The topological polar surface area (TPSA) is 39.4 Å². The molecule has 3 rings (SSSR count). The van der Waals surface area contributed by atoms with Gasteiger partial charge in [-0.1, -0.05) is 24.3 Å². The van der Waals surface area contributed by atoms with Crippen molar-refractivity contribution in [2.24, 2.45) is 0 Å². The van der Waals surface area contributed by atoms with Crippen LogP contribution >= 0.6 is 0 Å². The summed E-state index contributed by atoms with van der Waals surface area (Å²) in [6.45, 7) is 0. The van der Waals surface area contributed by atoms with Gasteiger partial charge in [0.15, 0.2) is 5.76 Å². The lowest BCUT2D eigenvalue weighted by atomic mass is 9.99. The van der Waals surface area contributed by atoms with Crippen LogP contribution in [0.5, 0.6) is 5.75 Å². The van der Waals surface area contributed by atoms with Crippen LogP contribution in [0.4, 0.5) is 0 Å². The van der Waals surface area contributed by atoms with Gasteiger partial charge in [0.25, 0.3) is 0 Å². The Kier molecular flexibility index (Phi) is 3.25. The molecule has 0 bridgehead atoms. The lowest BCUT2D eigenvalue weighted by Crippen LogP contribution is -2.02. The highest BCUT2D eigenvalue weighted by atomic mass is 16.5. The van der Waals surface area contributed by atoms with Crippen molar-refractivity contribution in [3.05, 3.63) is 66.1 Å². The van der Waals surface area contributed by atoms with Crippen LogP contribution < -0.4 is 4.74 Å². The Labute approximate surface area is 116 Å². The number of furan rings is 1. The van der Waals surface area contributed by atoms with Crippen molar-refractivity contribution in [1.82, 2.24) is 0 Å². The molecule has 0 radical (unpaired) electrons. The number of ketones is 1. The normalized spacial score (nSPS) is 10.7. The van der Waals surface area contributed by atoms with Crippen LogP contribution in [0.15, 0.2) is 59.2 Å². The Morgan fingerprint density at radius 1 is 1.15 bits per heavy atom. The summed E-state index contributed by atoms with van der Waals surface area (Å²) in [7, 11) is 1.64. The van der Waals surface area contributed by atoms with E-state index in [0.717, 1.165) is 22.1 Å². The summed E-state index contributed by atoms with van der Waals surface area (Å²) < 4.78 is 10.4. The van der Waals surface area contributed by atoms with Gasteiger partial charge >= 0.3 is 0 Å². The number of methoxy groups -OCH3 is 1. The molecule has 0 N–H and O–H groups in total. The number of carbonyl (C=O) groups excluding carboxylic acids is 1. The summed E-state index contributed by atoms with van der Waals surface area (Å²) in [5.41, 5.74) is 0.975. The summed E-state index contributed by atoms with van der Waals surface area (Å²) >= 11 is 0. The maximum absolute atomic E-state index is 12.1. The van der Waals surface area contributed by atoms with Gasteiger partial charge < -0.3 is 9.15 Å². The number of benzene rings is 2. The van der Waals surface area contributed by atoms with E-state index in [1.807, 2.05) is 36.4 Å². The Morgan fingerprint density at radius 3 is 2.80 bits per heavy atom. The summed E-state index contributed by atoms with van der Waals surface area (Å²) in [4.78, 5) is 12.1. The van der Waals surface area contributed by atoms with Crippen molar-refractivity contribution in [3.8, 4) is 5.75 Å². The molecular weight excluding hydrogens is 252 g/mol. The van der Waals surface area contributed by atoms with Gasteiger partial charge in [-0.3, -0.25) is 4.79 Å². The number of ether oxygens (including phenoxy) is 1. The maximum atomic E-state index is 12.1. The molecular formula is C17H14O3. The lowest BCUT2D eigenvalue weighted by molar-refractivity contribution is 0.0967. The molecule has 0 amide bonds. The molecule has 0 aliphatic rings. The number of rotatable bonds is 4. The third-order valence-corrected chi connectivity index (χ3v) is 3.33. The number of Topliss-reactive ketones (excluding diaryl/α,β-unsaturated/α-hetero) is 1. The average Bonchev–Trinajstić information content (AvgIpc) is 3.01. The SMILES string of the molecule is COc1ccc2cccc(CC(=O)c3ccco3)c2c1. The first-order chi connectivity index (χ1) is 9.78. The van der Waals surface area contributed by atoms with E-state index in [4.69, 9.17) is 9.15 Å². The van der Waals surface area contributed by atoms with E-state index in [2.05, 4.69) is 0 Å². The lowest BCUT2D eigenvalue weighted by Gasteiger charge is -2.07.